The second kappa shape index (κ2) is 10.9. The van der Waals surface area contributed by atoms with Crippen LogP contribution in [0.3, 0.4) is 0 Å². The van der Waals surface area contributed by atoms with Gasteiger partial charge in [0.1, 0.15) is 11.5 Å². The van der Waals surface area contributed by atoms with E-state index >= 15 is 0 Å². The molecular formula is C24H28N2O3S. The zero-order valence-corrected chi connectivity index (χ0v) is 18.5. The molecule has 1 N–H and O–H groups in total. The van der Waals surface area contributed by atoms with Crippen LogP contribution >= 0.6 is 11.8 Å². The van der Waals surface area contributed by atoms with Gasteiger partial charge in [0, 0.05) is 17.5 Å². The van der Waals surface area contributed by atoms with E-state index in [-0.39, 0.29) is 5.91 Å². The highest BCUT2D eigenvalue weighted by atomic mass is 32.2. The Kier molecular flexibility index (Phi) is 7.97. The molecule has 1 aromatic heterocycles. The Bertz CT molecular complexity index is 951. The fourth-order valence-corrected chi connectivity index (χ4v) is 3.77. The van der Waals surface area contributed by atoms with Gasteiger partial charge in [0.25, 0.3) is 5.91 Å². The van der Waals surface area contributed by atoms with Crippen LogP contribution in [0, 0.1) is 12.8 Å². The number of amides is 1. The molecule has 0 saturated heterocycles. The summed E-state index contributed by atoms with van der Waals surface area (Å²) in [5.74, 6) is 2.75. The Morgan fingerprint density at radius 1 is 1.17 bits per heavy atom. The first-order valence-corrected chi connectivity index (χ1v) is 11.1. The van der Waals surface area contributed by atoms with Crippen LogP contribution in [0.25, 0.3) is 0 Å². The van der Waals surface area contributed by atoms with Crippen LogP contribution in [-0.4, -0.2) is 24.2 Å². The molecule has 1 heterocycles. The number of carbonyl (C=O) groups is 1. The van der Waals surface area contributed by atoms with Crippen molar-refractivity contribution in [1.82, 2.24) is 10.5 Å². The first-order valence-electron chi connectivity index (χ1n) is 10.1. The van der Waals surface area contributed by atoms with Crippen molar-refractivity contribution in [2.45, 2.75) is 37.8 Å². The van der Waals surface area contributed by atoms with Crippen molar-refractivity contribution in [3.8, 4) is 5.75 Å². The number of aryl methyl sites for hydroxylation is 1. The van der Waals surface area contributed by atoms with Gasteiger partial charge in [-0.2, -0.15) is 0 Å². The summed E-state index contributed by atoms with van der Waals surface area (Å²) in [5, 5.41) is 6.93. The average molecular weight is 425 g/mol. The van der Waals surface area contributed by atoms with Gasteiger partial charge >= 0.3 is 0 Å². The molecule has 0 unspecified atom stereocenters. The van der Waals surface area contributed by atoms with E-state index in [1.54, 1.807) is 11.8 Å². The van der Waals surface area contributed by atoms with E-state index in [9.17, 15) is 4.79 Å². The number of thioether (sulfide) groups is 1. The molecule has 0 aliphatic rings. The lowest BCUT2D eigenvalue weighted by molar-refractivity contribution is 0.0951. The van der Waals surface area contributed by atoms with Crippen LogP contribution in [0.4, 0.5) is 0 Å². The molecule has 0 aliphatic heterocycles. The van der Waals surface area contributed by atoms with Gasteiger partial charge in [-0.05, 0) is 49.1 Å². The normalized spacial score (nSPS) is 10.9. The minimum absolute atomic E-state index is 0.0660. The highest BCUT2D eigenvalue weighted by Crippen LogP contribution is 2.26. The third kappa shape index (κ3) is 6.66. The van der Waals surface area contributed by atoms with E-state index in [2.05, 4.69) is 24.3 Å². The molecule has 5 nitrogen and oxygen atoms in total. The summed E-state index contributed by atoms with van der Waals surface area (Å²) in [5.41, 5.74) is 2.70. The number of nitrogens with zero attached hydrogens (tertiary/aromatic N) is 1. The van der Waals surface area contributed by atoms with Crippen LogP contribution < -0.4 is 10.1 Å². The highest BCUT2D eigenvalue weighted by Gasteiger charge is 2.12. The van der Waals surface area contributed by atoms with Gasteiger partial charge in [0.15, 0.2) is 0 Å². The maximum absolute atomic E-state index is 12.7. The van der Waals surface area contributed by atoms with Crippen LogP contribution in [0.15, 0.2) is 64.0 Å². The Labute approximate surface area is 182 Å². The van der Waals surface area contributed by atoms with Gasteiger partial charge in [-0.25, -0.2) is 0 Å². The van der Waals surface area contributed by atoms with Gasteiger partial charge in [0.05, 0.1) is 23.6 Å². The first kappa shape index (κ1) is 22.0. The summed E-state index contributed by atoms with van der Waals surface area (Å²) in [6.07, 6.45) is 0.767. The predicted molar refractivity (Wildman–Crippen MR) is 120 cm³/mol. The fourth-order valence-electron chi connectivity index (χ4n) is 2.84. The van der Waals surface area contributed by atoms with Gasteiger partial charge in [-0.15, -0.1) is 11.8 Å². The smallest absolute Gasteiger partial charge is 0.252 e. The summed E-state index contributed by atoms with van der Waals surface area (Å²) in [6, 6.07) is 17.6. The molecule has 6 heteroatoms. The van der Waals surface area contributed by atoms with Gasteiger partial charge in [-0.3, -0.25) is 4.79 Å². The van der Waals surface area contributed by atoms with Gasteiger partial charge in [0.2, 0.25) is 0 Å². The van der Waals surface area contributed by atoms with Gasteiger partial charge < -0.3 is 14.6 Å². The molecule has 1 amide bonds. The largest absolute Gasteiger partial charge is 0.493 e. The van der Waals surface area contributed by atoms with Crippen molar-refractivity contribution >= 4 is 17.7 Å². The summed E-state index contributed by atoms with van der Waals surface area (Å²) in [4.78, 5) is 13.6. The molecule has 0 saturated carbocycles. The number of benzene rings is 2. The maximum atomic E-state index is 12.7. The van der Waals surface area contributed by atoms with E-state index < -0.39 is 0 Å². The zero-order chi connectivity index (χ0) is 21.3. The molecule has 2 aromatic carbocycles. The van der Waals surface area contributed by atoms with Crippen molar-refractivity contribution < 1.29 is 14.1 Å². The number of ether oxygens (including phenoxy) is 1. The Morgan fingerprint density at radius 2 is 1.93 bits per heavy atom. The van der Waals surface area contributed by atoms with E-state index in [1.165, 1.54) is 0 Å². The molecule has 0 atom stereocenters. The van der Waals surface area contributed by atoms with E-state index in [0.29, 0.717) is 30.4 Å². The highest BCUT2D eigenvalue weighted by molar-refractivity contribution is 7.98. The molecule has 158 valence electrons. The second-order valence-electron chi connectivity index (χ2n) is 7.57. The van der Waals surface area contributed by atoms with E-state index in [4.69, 9.17) is 9.26 Å². The predicted octanol–water partition coefficient (Wildman–Crippen LogP) is 5.28. The minimum atomic E-state index is -0.0660. The first-order chi connectivity index (χ1) is 14.5. The van der Waals surface area contributed by atoms with Crippen LogP contribution in [0.5, 0.6) is 5.75 Å². The SMILES string of the molecule is Cc1cc(CSc2ccccc2C(=O)NCCc2ccc(OCC(C)C)cc2)on1. The van der Waals surface area contributed by atoms with E-state index in [1.807, 2.05) is 61.5 Å². The van der Waals surface area contributed by atoms with Crippen LogP contribution in [0.2, 0.25) is 0 Å². The monoisotopic (exact) mass is 424 g/mol. The Hall–Kier alpha value is -2.73. The van der Waals surface area contributed by atoms with E-state index in [0.717, 1.165) is 34.1 Å². The van der Waals surface area contributed by atoms with Crippen molar-refractivity contribution in [2.24, 2.45) is 5.92 Å². The molecule has 3 aromatic rings. The minimum Gasteiger partial charge on any atom is -0.493 e. The summed E-state index contributed by atoms with van der Waals surface area (Å²) in [6.45, 7) is 7.44. The zero-order valence-electron chi connectivity index (χ0n) is 17.7. The Balaban J connectivity index is 1.50. The number of hydrogen-bond acceptors (Lipinski definition) is 5. The van der Waals surface area contributed by atoms with Crippen molar-refractivity contribution in [3.05, 3.63) is 77.2 Å². The van der Waals surface area contributed by atoms with Crippen LogP contribution in [0.1, 0.15) is 41.2 Å². The second-order valence-corrected chi connectivity index (χ2v) is 8.59. The summed E-state index contributed by atoms with van der Waals surface area (Å²) < 4.78 is 11.0. The number of nitrogens with one attached hydrogen (secondary N) is 1. The topological polar surface area (TPSA) is 64.4 Å². The maximum Gasteiger partial charge on any atom is 0.252 e. The number of carbonyl (C=O) groups excluding carboxylic acids is 1. The molecule has 0 aliphatic carbocycles. The fraction of sp³-hybridized carbons (Fsp3) is 0.333. The molecule has 0 radical (unpaired) electrons. The summed E-state index contributed by atoms with van der Waals surface area (Å²) in [7, 11) is 0. The van der Waals surface area contributed by atoms with Crippen molar-refractivity contribution in [2.75, 3.05) is 13.2 Å². The quantitative estimate of drug-likeness (QED) is 0.449. The van der Waals surface area contributed by atoms with Crippen molar-refractivity contribution in [3.63, 3.8) is 0 Å². The lowest BCUT2D eigenvalue weighted by Crippen LogP contribution is -2.26. The number of hydrogen-bond donors (Lipinski definition) is 1. The summed E-state index contributed by atoms with van der Waals surface area (Å²) >= 11 is 1.57. The number of rotatable bonds is 10. The lowest BCUT2D eigenvalue weighted by Gasteiger charge is -2.11. The van der Waals surface area contributed by atoms with Crippen molar-refractivity contribution in [1.29, 1.82) is 0 Å². The van der Waals surface area contributed by atoms with Crippen LogP contribution in [-0.2, 0) is 12.2 Å². The molecule has 3 rings (SSSR count). The molecule has 0 bridgehead atoms. The molecule has 30 heavy (non-hydrogen) atoms. The van der Waals surface area contributed by atoms with Gasteiger partial charge in [-0.1, -0.05) is 43.3 Å². The average Bonchev–Trinajstić information content (AvgIpc) is 3.17. The lowest BCUT2D eigenvalue weighted by atomic mass is 10.1. The Morgan fingerprint density at radius 3 is 2.63 bits per heavy atom. The third-order valence-electron chi connectivity index (χ3n) is 4.38. The molecule has 0 fully saturated rings. The molecule has 0 spiro atoms. The molecular weight excluding hydrogens is 396 g/mol. The number of aromatic nitrogens is 1. The standard InChI is InChI=1S/C24H28N2O3S/c1-17(2)15-28-20-10-8-19(9-11-20)12-13-25-24(27)22-6-4-5-7-23(22)30-16-21-14-18(3)26-29-21/h4-11,14,17H,12-13,15-16H2,1-3H3,(H,25,27). The third-order valence-corrected chi connectivity index (χ3v) is 5.48.